The maximum atomic E-state index is 14.5. The zero-order valence-corrected chi connectivity index (χ0v) is 39.2. The second kappa shape index (κ2) is 21.6. The number of carbonyl (C=O) groups excluding carboxylic acids is 3. The highest BCUT2D eigenvalue weighted by Gasteiger charge is 2.51. The standard InChI is InChI=1S/C44H67N9O11/c1-13-34-44(8,58)35-17-32(48-29(6)54)25(2)18-43(7,39(27(4)37(55)28(5)40(57)63-34)64-41-38(56)33(52(11)12)16-26(3)62-41)60-22-31(21-59-35)50-61-20-30-14-15-36(45-19-30)53-24-47-42(49-53)46-23-51(9)10/h14-15,19,23-28,33-35,38-39,41,56,58H,13,16-18,20-22H2,1-12H3/b46-23+,48-32?,50-31-/t25-,26-,27+,28-,33+,34-,35-,38-,39-,41+,43-,44-/m1/s1. The van der Waals surface area contributed by atoms with Crippen molar-refractivity contribution in [3.8, 4) is 5.82 Å². The van der Waals surface area contributed by atoms with E-state index < -0.39 is 77.3 Å². The molecule has 0 unspecified atom stereocenters. The minimum Gasteiger partial charge on any atom is -0.459 e. The number of oxime groups is 1. The lowest BCUT2D eigenvalue weighted by Gasteiger charge is -2.47. The molecule has 5 heterocycles. The fraction of sp³-hybridized carbons (Fsp3) is 0.705. The Morgan fingerprint density at radius 1 is 1.09 bits per heavy atom. The van der Waals surface area contributed by atoms with Crippen molar-refractivity contribution in [2.75, 3.05) is 41.4 Å². The van der Waals surface area contributed by atoms with E-state index in [-0.39, 0.29) is 62.9 Å². The van der Waals surface area contributed by atoms with Crippen molar-refractivity contribution in [2.45, 2.75) is 142 Å². The van der Waals surface area contributed by atoms with E-state index in [1.807, 2.05) is 46.9 Å². The Morgan fingerprint density at radius 3 is 2.47 bits per heavy atom. The van der Waals surface area contributed by atoms with Crippen molar-refractivity contribution in [1.82, 2.24) is 29.5 Å². The monoisotopic (exact) mass is 897 g/mol. The van der Waals surface area contributed by atoms with E-state index in [9.17, 15) is 24.6 Å². The predicted octanol–water partition coefficient (Wildman–Crippen LogP) is 3.07. The number of aliphatic hydroxyl groups is 2. The summed E-state index contributed by atoms with van der Waals surface area (Å²) in [6.07, 6.45) is -0.496. The van der Waals surface area contributed by atoms with Crippen LogP contribution in [0.1, 0.15) is 86.6 Å². The van der Waals surface area contributed by atoms with E-state index in [0.717, 1.165) is 0 Å². The molecule has 3 fully saturated rings. The number of likely N-dealkylation sites (N-methyl/N-ethyl adjacent to an activating group) is 1. The number of Topliss-reactive ketones (excluding diaryl/α,β-unsaturated/α-hetero) is 1. The zero-order valence-electron chi connectivity index (χ0n) is 39.2. The van der Waals surface area contributed by atoms with E-state index in [1.165, 1.54) is 31.8 Å². The average molecular weight is 898 g/mol. The summed E-state index contributed by atoms with van der Waals surface area (Å²) < 4.78 is 33.8. The number of rotatable bonds is 10. The second-order valence-electron chi connectivity index (χ2n) is 18.1. The van der Waals surface area contributed by atoms with Gasteiger partial charge in [-0.15, -0.1) is 5.10 Å². The van der Waals surface area contributed by atoms with Crippen molar-refractivity contribution in [3.05, 3.63) is 30.2 Å². The fourth-order valence-electron chi connectivity index (χ4n) is 8.45. The molecule has 5 rings (SSSR count). The van der Waals surface area contributed by atoms with Gasteiger partial charge < -0.3 is 48.5 Å². The minimum atomic E-state index is -1.85. The molecule has 3 saturated heterocycles. The summed E-state index contributed by atoms with van der Waals surface area (Å²) in [6.45, 7) is 12.8. The molecule has 3 aliphatic heterocycles. The third-order valence-corrected chi connectivity index (χ3v) is 12.1. The first-order valence-corrected chi connectivity index (χ1v) is 21.8. The van der Waals surface area contributed by atoms with Gasteiger partial charge in [-0.05, 0) is 73.0 Å². The van der Waals surface area contributed by atoms with Crippen LogP contribution in [0, 0.1) is 17.8 Å². The number of aliphatic imine (C=N–C) groups is 2. The Hall–Kier alpha value is -4.57. The van der Waals surface area contributed by atoms with Crippen molar-refractivity contribution in [3.63, 3.8) is 0 Å². The first kappa shape index (κ1) is 50.4. The quantitative estimate of drug-likeness (QED) is 0.115. The Balaban J connectivity index is 1.56. The van der Waals surface area contributed by atoms with Crippen LogP contribution in [0.3, 0.4) is 0 Å². The first-order chi connectivity index (χ1) is 30.1. The van der Waals surface area contributed by atoms with Crippen LogP contribution >= 0.6 is 0 Å². The van der Waals surface area contributed by atoms with Crippen molar-refractivity contribution in [1.29, 1.82) is 0 Å². The molecule has 20 heteroatoms. The topological polar surface area (TPSA) is 234 Å². The molecule has 3 aliphatic rings. The number of ketones is 1. The molecule has 0 saturated carbocycles. The molecule has 0 radical (unpaired) electrons. The van der Waals surface area contributed by atoms with Crippen LogP contribution < -0.4 is 0 Å². The second-order valence-corrected chi connectivity index (χ2v) is 18.1. The number of hydrogen-bond acceptors (Lipinski definition) is 17. The van der Waals surface area contributed by atoms with Gasteiger partial charge in [-0.1, -0.05) is 32.0 Å². The van der Waals surface area contributed by atoms with Gasteiger partial charge in [-0.2, -0.15) is 4.98 Å². The summed E-state index contributed by atoms with van der Waals surface area (Å²) in [7, 11) is 7.41. The summed E-state index contributed by atoms with van der Waals surface area (Å²) >= 11 is 0. The molecular weight excluding hydrogens is 831 g/mol. The SMILES string of the molecule is CC[C@H]1OC(=O)[C@H](C)C(=O)[C@H](C)[C@@H](O[C@@H]2O[C@H](C)C[C@H](N(C)C)[C@H]2O)[C@@]2(C)C[C@@H](C)C(=NC(C)=O)C[C@@H](OC/C(=N/OCc3ccc(-n4cnc(/N=C/N(C)C)n4)nc3)CO2)[C@]1(C)O. The van der Waals surface area contributed by atoms with Crippen LogP contribution in [0.2, 0.25) is 0 Å². The third-order valence-electron chi connectivity index (χ3n) is 12.1. The summed E-state index contributed by atoms with van der Waals surface area (Å²) in [4.78, 5) is 68.0. The van der Waals surface area contributed by atoms with Crippen LogP contribution in [0.4, 0.5) is 5.95 Å². The number of hydrogen-bond donors (Lipinski definition) is 2. The maximum absolute atomic E-state index is 14.5. The fourth-order valence-corrected chi connectivity index (χ4v) is 8.45. The molecule has 2 N–H and O–H groups in total. The Kier molecular flexibility index (Phi) is 17.0. The number of aliphatic hydroxyl groups excluding tert-OH is 1. The number of ether oxygens (including phenoxy) is 5. The molecular formula is C44H67N9O11. The highest BCUT2D eigenvalue weighted by Crippen LogP contribution is 2.39. The number of pyridine rings is 1. The Bertz CT molecular complexity index is 2010. The van der Waals surface area contributed by atoms with E-state index in [4.69, 9.17) is 28.5 Å². The molecule has 1 amide bonds. The van der Waals surface area contributed by atoms with Crippen LogP contribution in [0.15, 0.2) is 39.8 Å². The third kappa shape index (κ3) is 12.4. The Labute approximate surface area is 375 Å². The molecule has 2 aromatic heterocycles. The van der Waals surface area contributed by atoms with Crippen LogP contribution in [-0.4, -0.2) is 171 Å². The number of esters is 1. The lowest BCUT2D eigenvalue weighted by Crippen LogP contribution is -2.59. The highest BCUT2D eigenvalue weighted by molar-refractivity contribution is 6.00. The van der Waals surface area contributed by atoms with Crippen molar-refractivity contribution in [2.24, 2.45) is 32.9 Å². The molecule has 20 nitrogen and oxygen atoms in total. The lowest BCUT2D eigenvalue weighted by molar-refractivity contribution is -0.296. The van der Waals surface area contributed by atoms with Gasteiger partial charge in [0.1, 0.15) is 42.4 Å². The summed E-state index contributed by atoms with van der Waals surface area (Å²) in [5, 5.41) is 32.8. The van der Waals surface area contributed by atoms with Gasteiger partial charge in [0.05, 0.1) is 43.5 Å². The average Bonchev–Trinajstić information content (AvgIpc) is 3.71. The van der Waals surface area contributed by atoms with Gasteiger partial charge in [0.15, 0.2) is 17.9 Å². The summed E-state index contributed by atoms with van der Waals surface area (Å²) in [5.74, 6) is -3.86. The summed E-state index contributed by atoms with van der Waals surface area (Å²) in [6, 6.07) is 3.22. The van der Waals surface area contributed by atoms with Gasteiger partial charge >= 0.3 is 5.97 Å². The molecule has 0 spiro atoms. The van der Waals surface area contributed by atoms with Crippen LogP contribution in [-0.2, 0) is 49.5 Å². The highest BCUT2D eigenvalue weighted by atomic mass is 16.7. The van der Waals surface area contributed by atoms with Crippen molar-refractivity contribution >= 4 is 41.4 Å². The van der Waals surface area contributed by atoms with Crippen LogP contribution in [0.25, 0.3) is 5.82 Å². The number of carbonyl (C=O) groups is 3. The predicted molar refractivity (Wildman–Crippen MR) is 235 cm³/mol. The zero-order chi connectivity index (χ0) is 47.1. The molecule has 354 valence electrons. The number of nitrogens with zero attached hydrogens (tertiary/aromatic N) is 9. The van der Waals surface area contributed by atoms with Crippen LogP contribution in [0.5, 0.6) is 0 Å². The minimum absolute atomic E-state index is 0.00251. The number of cyclic esters (lactones) is 1. The van der Waals surface area contributed by atoms with Gasteiger partial charge in [-0.3, -0.25) is 14.4 Å². The Morgan fingerprint density at radius 2 is 1.83 bits per heavy atom. The molecule has 0 aromatic carbocycles. The van der Waals surface area contributed by atoms with E-state index in [2.05, 4.69) is 30.2 Å². The number of aromatic nitrogens is 4. The molecule has 64 heavy (non-hydrogen) atoms. The van der Waals surface area contributed by atoms with Gasteiger partial charge in [0, 0.05) is 56.9 Å². The normalized spacial score (nSPS) is 34.9. The molecule has 2 bridgehead atoms. The number of fused-ring (bicyclic) bond motifs is 5. The van der Waals surface area contributed by atoms with Gasteiger partial charge in [0.2, 0.25) is 5.91 Å². The summed E-state index contributed by atoms with van der Waals surface area (Å²) in [5.41, 5.74) is -1.92. The molecule has 12 atom stereocenters. The van der Waals surface area contributed by atoms with E-state index in [0.29, 0.717) is 23.5 Å². The molecule has 0 aliphatic carbocycles. The number of amides is 1. The smallest absolute Gasteiger partial charge is 0.316 e. The lowest BCUT2D eigenvalue weighted by atomic mass is 9.76. The van der Waals surface area contributed by atoms with Gasteiger partial charge in [-0.25, -0.2) is 19.7 Å². The molecule has 2 aromatic rings. The largest absolute Gasteiger partial charge is 0.459 e. The first-order valence-electron chi connectivity index (χ1n) is 21.8. The maximum Gasteiger partial charge on any atom is 0.316 e. The van der Waals surface area contributed by atoms with Gasteiger partial charge in [0.25, 0.3) is 5.95 Å². The van der Waals surface area contributed by atoms with E-state index in [1.54, 1.807) is 50.3 Å². The van der Waals surface area contributed by atoms with Crippen molar-refractivity contribution < 1.29 is 53.1 Å². The van der Waals surface area contributed by atoms with E-state index >= 15 is 0 Å².